The SMILES string of the molecule is CCCC[C@@H]1C[C@H](CC(=O)O)N(c2ccc(OC3CCN(c4cc(OCC)ccc4F)CC3)cc2)C1. The second-order valence-electron chi connectivity index (χ2n) is 9.99. The van der Waals surface area contributed by atoms with Crippen LogP contribution in [0.5, 0.6) is 11.5 Å². The Morgan fingerprint density at radius 1 is 1.08 bits per heavy atom. The molecular formula is C29H39FN2O4. The lowest BCUT2D eigenvalue weighted by atomic mass is 9.98. The van der Waals surface area contributed by atoms with Crippen molar-refractivity contribution in [2.75, 3.05) is 36.0 Å². The van der Waals surface area contributed by atoms with Crippen LogP contribution in [0.2, 0.25) is 0 Å². The van der Waals surface area contributed by atoms with Gasteiger partial charge in [-0.15, -0.1) is 0 Å². The highest BCUT2D eigenvalue weighted by atomic mass is 19.1. The summed E-state index contributed by atoms with van der Waals surface area (Å²) in [5.74, 6) is 1.09. The highest BCUT2D eigenvalue weighted by molar-refractivity contribution is 5.69. The molecular weight excluding hydrogens is 459 g/mol. The number of carboxylic acids is 1. The van der Waals surface area contributed by atoms with E-state index in [0.717, 1.165) is 56.8 Å². The number of benzene rings is 2. The number of ether oxygens (including phenoxy) is 2. The number of aliphatic carboxylic acids is 1. The molecule has 7 heteroatoms. The van der Waals surface area contributed by atoms with Crippen molar-refractivity contribution >= 4 is 17.3 Å². The standard InChI is InChI=1S/C29H39FN2O4/c1-3-5-6-21-17-23(18-29(33)34)32(20-21)22-7-9-24(10-8-22)36-25-13-15-31(16-14-25)28-19-26(35-4-2)11-12-27(28)30/h7-12,19,21,23,25H,3-6,13-18,20H2,1-2H3,(H,33,34)/t21-,23-/m1/s1. The summed E-state index contributed by atoms with van der Waals surface area (Å²) in [5, 5.41) is 9.39. The van der Waals surface area contributed by atoms with Gasteiger partial charge in [-0.25, -0.2) is 4.39 Å². The predicted octanol–water partition coefficient (Wildman–Crippen LogP) is 6.13. The van der Waals surface area contributed by atoms with Crippen LogP contribution in [0, 0.1) is 11.7 Å². The van der Waals surface area contributed by atoms with Crippen molar-refractivity contribution in [1.82, 2.24) is 0 Å². The van der Waals surface area contributed by atoms with E-state index in [1.165, 1.54) is 18.9 Å². The van der Waals surface area contributed by atoms with Gasteiger partial charge in [-0.2, -0.15) is 0 Å². The molecule has 0 aromatic heterocycles. The summed E-state index contributed by atoms with van der Waals surface area (Å²) in [6, 6.07) is 13.0. The Kier molecular flexibility index (Phi) is 8.94. The Bertz CT molecular complexity index is 991. The van der Waals surface area contributed by atoms with Gasteiger partial charge in [0.25, 0.3) is 0 Å². The first-order valence-corrected chi connectivity index (χ1v) is 13.4. The van der Waals surface area contributed by atoms with E-state index in [9.17, 15) is 14.3 Å². The van der Waals surface area contributed by atoms with Gasteiger partial charge in [-0.05, 0) is 62.1 Å². The number of halogens is 1. The molecule has 6 nitrogen and oxygen atoms in total. The van der Waals surface area contributed by atoms with Crippen molar-refractivity contribution in [3.8, 4) is 11.5 Å². The number of unbranched alkanes of at least 4 members (excludes halogenated alkanes) is 1. The van der Waals surface area contributed by atoms with Crippen LogP contribution in [-0.2, 0) is 4.79 Å². The minimum absolute atomic E-state index is 0.0436. The van der Waals surface area contributed by atoms with E-state index in [4.69, 9.17) is 9.47 Å². The largest absolute Gasteiger partial charge is 0.494 e. The first-order chi connectivity index (χ1) is 17.5. The molecule has 2 heterocycles. The Morgan fingerprint density at radius 3 is 2.47 bits per heavy atom. The molecule has 36 heavy (non-hydrogen) atoms. The molecule has 0 radical (unpaired) electrons. The average Bonchev–Trinajstić information content (AvgIpc) is 3.27. The minimum Gasteiger partial charge on any atom is -0.494 e. The summed E-state index contributed by atoms with van der Waals surface area (Å²) in [4.78, 5) is 15.8. The maximum atomic E-state index is 14.4. The number of hydrogen-bond donors (Lipinski definition) is 1. The van der Waals surface area contributed by atoms with Crippen LogP contribution in [0.25, 0.3) is 0 Å². The molecule has 0 amide bonds. The molecule has 2 aliphatic heterocycles. The molecule has 0 bridgehead atoms. The third-order valence-corrected chi connectivity index (χ3v) is 7.36. The van der Waals surface area contributed by atoms with E-state index < -0.39 is 5.97 Å². The quantitative estimate of drug-likeness (QED) is 0.402. The number of hydrogen-bond acceptors (Lipinski definition) is 5. The van der Waals surface area contributed by atoms with Crippen LogP contribution in [0.4, 0.5) is 15.8 Å². The van der Waals surface area contributed by atoms with Crippen molar-refractivity contribution in [1.29, 1.82) is 0 Å². The molecule has 2 aliphatic rings. The summed E-state index contributed by atoms with van der Waals surface area (Å²) in [6.45, 7) is 7.03. The average molecular weight is 499 g/mol. The van der Waals surface area contributed by atoms with E-state index >= 15 is 0 Å². The number of rotatable bonds is 11. The van der Waals surface area contributed by atoms with Crippen LogP contribution >= 0.6 is 0 Å². The number of carboxylic acid groups (broad SMARTS) is 1. The van der Waals surface area contributed by atoms with Crippen molar-refractivity contribution in [3.05, 3.63) is 48.3 Å². The molecule has 2 atom stereocenters. The van der Waals surface area contributed by atoms with Gasteiger partial charge < -0.3 is 24.4 Å². The molecule has 196 valence electrons. The monoisotopic (exact) mass is 498 g/mol. The van der Waals surface area contributed by atoms with Gasteiger partial charge >= 0.3 is 5.97 Å². The van der Waals surface area contributed by atoms with E-state index in [2.05, 4.69) is 28.9 Å². The van der Waals surface area contributed by atoms with Crippen LogP contribution in [0.15, 0.2) is 42.5 Å². The van der Waals surface area contributed by atoms with Gasteiger partial charge in [0.1, 0.15) is 23.4 Å². The van der Waals surface area contributed by atoms with E-state index in [1.807, 2.05) is 19.1 Å². The summed E-state index contributed by atoms with van der Waals surface area (Å²) in [5.41, 5.74) is 1.65. The summed E-state index contributed by atoms with van der Waals surface area (Å²) in [6.07, 6.45) is 6.33. The molecule has 0 aliphatic carbocycles. The van der Waals surface area contributed by atoms with Crippen molar-refractivity contribution in [2.45, 2.75) is 70.9 Å². The van der Waals surface area contributed by atoms with Crippen LogP contribution in [-0.4, -0.2) is 49.5 Å². The minimum atomic E-state index is -0.739. The lowest BCUT2D eigenvalue weighted by molar-refractivity contribution is -0.137. The van der Waals surface area contributed by atoms with Gasteiger partial charge in [0.15, 0.2) is 0 Å². The Balaban J connectivity index is 1.33. The van der Waals surface area contributed by atoms with Crippen LogP contribution in [0.1, 0.15) is 58.8 Å². The normalized spacial score (nSPS) is 20.5. The van der Waals surface area contributed by atoms with E-state index in [0.29, 0.717) is 24.0 Å². The predicted molar refractivity (Wildman–Crippen MR) is 141 cm³/mol. The van der Waals surface area contributed by atoms with Crippen molar-refractivity contribution in [2.24, 2.45) is 5.92 Å². The zero-order valence-corrected chi connectivity index (χ0v) is 21.5. The number of piperidine rings is 1. The summed E-state index contributed by atoms with van der Waals surface area (Å²) in [7, 11) is 0. The lowest BCUT2D eigenvalue weighted by Gasteiger charge is -2.34. The summed E-state index contributed by atoms with van der Waals surface area (Å²) < 4.78 is 26.2. The molecule has 0 saturated carbocycles. The Labute approximate surface area is 214 Å². The highest BCUT2D eigenvalue weighted by Gasteiger charge is 2.33. The van der Waals surface area contributed by atoms with Crippen molar-refractivity contribution < 1.29 is 23.8 Å². The second kappa shape index (κ2) is 12.3. The lowest BCUT2D eigenvalue weighted by Crippen LogP contribution is -2.38. The number of nitrogens with zero attached hydrogens (tertiary/aromatic N) is 2. The fourth-order valence-electron chi connectivity index (χ4n) is 5.54. The molecule has 0 spiro atoms. The molecule has 1 N–H and O–H groups in total. The van der Waals surface area contributed by atoms with Crippen LogP contribution < -0.4 is 19.3 Å². The third-order valence-electron chi connectivity index (χ3n) is 7.36. The van der Waals surface area contributed by atoms with Gasteiger partial charge in [0.05, 0.1) is 18.7 Å². The first-order valence-electron chi connectivity index (χ1n) is 13.4. The Morgan fingerprint density at radius 2 is 1.81 bits per heavy atom. The molecule has 2 saturated heterocycles. The topological polar surface area (TPSA) is 62.2 Å². The smallest absolute Gasteiger partial charge is 0.305 e. The maximum absolute atomic E-state index is 14.4. The number of carbonyl (C=O) groups is 1. The van der Waals surface area contributed by atoms with E-state index in [-0.39, 0.29) is 24.4 Å². The fourth-order valence-corrected chi connectivity index (χ4v) is 5.54. The van der Waals surface area contributed by atoms with E-state index in [1.54, 1.807) is 12.1 Å². The van der Waals surface area contributed by atoms with Crippen molar-refractivity contribution in [3.63, 3.8) is 0 Å². The molecule has 0 unspecified atom stereocenters. The van der Waals surface area contributed by atoms with Gasteiger partial charge in [-0.3, -0.25) is 4.79 Å². The summed E-state index contributed by atoms with van der Waals surface area (Å²) >= 11 is 0. The van der Waals surface area contributed by atoms with Gasteiger partial charge in [-0.1, -0.05) is 19.8 Å². The van der Waals surface area contributed by atoms with Gasteiger partial charge in [0, 0.05) is 50.3 Å². The molecule has 2 aromatic rings. The zero-order valence-electron chi connectivity index (χ0n) is 21.5. The third kappa shape index (κ3) is 6.62. The fraction of sp³-hybridized carbons (Fsp3) is 0.552. The van der Waals surface area contributed by atoms with Gasteiger partial charge in [0.2, 0.25) is 0 Å². The Hall–Kier alpha value is -2.96. The zero-order chi connectivity index (χ0) is 25.5. The first kappa shape index (κ1) is 26.1. The highest BCUT2D eigenvalue weighted by Crippen LogP contribution is 2.35. The molecule has 2 aromatic carbocycles. The second-order valence-corrected chi connectivity index (χ2v) is 9.99. The number of anilines is 2. The molecule has 4 rings (SSSR count). The van der Waals surface area contributed by atoms with Crippen LogP contribution in [0.3, 0.4) is 0 Å². The maximum Gasteiger partial charge on any atom is 0.305 e. The molecule has 2 fully saturated rings.